The summed E-state index contributed by atoms with van der Waals surface area (Å²) >= 11 is 0. The van der Waals surface area contributed by atoms with Crippen LogP contribution >= 0.6 is 0 Å². The number of aromatic hydroxyl groups is 1. The molecule has 0 bridgehead atoms. The van der Waals surface area contributed by atoms with Crippen molar-refractivity contribution in [2.24, 2.45) is 0 Å². The highest BCUT2D eigenvalue weighted by Gasteiger charge is 2.15. The molecule has 6 heteroatoms. The lowest BCUT2D eigenvalue weighted by molar-refractivity contribution is 0.299. The fraction of sp³-hybridized carbons (Fsp3) is 0.600. The number of H-pyrrole nitrogens is 1. The summed E-state index contributed by atoms with van der Waals surface area (Å²) in [5.74, 6) is -0.261. The van der Waals surface area contributed by atoms with Crippen LogP contribution < -0.4 is 11.2 Å². The maximum atomic E-state index is 11.6. The predicted molar refractivity (Wildman–Crippen MR) is 61.0 cm³/mol. The van der Waals surface area contributed by atoms with Crippen molar-refractivity contribution < 1.29 is 5.11 Å². The molecule has 1 unspecified atom stereocenters. The van der Waals surface area contributed by atoms with Crippen molar-refractivity contribution in [3.63, 3.8) is 0 Å². The minimum atomic E-state index is -0.581. The normalized spacial score (nSPS) is 13.1. The van der Waals surface area contributed by atoms with Gasteiger partial charge in [-0.3, -0.25) is 14.3 Å². The first kappa shape index (κ1) is 12.5. The maximum absolute atomic E-state index is 11.6. The van der Waals surface area contributed by atoms with Crippen LogP contribution in [-0.2, 0) is 0 Å². The molecule has 0 aliphatic rings. The summed E-state index contributed by atoms with van der Waals surface area (Å²) < 4.78 is 1.19. The van der Waals surface area contributed by atoms with Crippen molar-refractivity contribution in [2.45, 2.75) is 19.9 Å². The fourth-order valence-electron chi connectivity index (χ4n) is 1.65. The number of aromatic nitrogens is 2. The van der Waals surface area contributed by atoms with Crippen LogP contribution in [0.25, 0.3) is 0 Å². The van der Waals surface area contributed by atoms with Crippen molar-refractivity contribution in [3.05, 3.63) is 26.4 Å². The fourth-order valence-corrected chi connectivity index (χ4v) is 1.65. The molecule has 1 aromatic rings. The highest BCUT2D eigenvalue weighted by Crippen LogP contribution is 2.14. The Bertz CT molecular complexity index is 487. The van der Waals surface area contributed by atoms with Crippen molar-refractivity contribution >= 4 is 0 Å². The van der Waals surface area contributed by atoms with Crippen LogP contribution in [0.2, 0.25) is 0 Å². The summed E-state index contributed by atoms with van der Waals surface area (Å²) in [6.07, 6.45) is 0. The van der Waals surface area contributed by atoms with Gasteiger partial charge in [0.15, 0.2) is 0 Å². The Kier molecular flexibility index (Phi) is 3.54. The summed E-state index contributed by atoms with van der Waals surface area (Å²) in [5, 5.41) is 9.77. The molecule has 6 nitrogen and oxygen atoms in total. The first-order valence-corrected chi connectivity index (χ1v) is 5.03. The topological polar surface area (TPSA) is 78.3 Å². The second-order valence-corrected chi connectivity index (χ2v) is 4.19. The molecule has 0 saturated carbocycles. The Morgan fingerprint density at radius 3 is 2.50 bits per heavy atom. The van der Waals surface area contributed by atoms with E-state index in [4.69, 9.17) is 0 Å². The first-order valence-electron chi connectivity index (χ1n) is 5.03. The van der Waals surface area contributed by atoms with Crippen LogP contribution in [0.3, 0.4) is 0 Å². The number of nitrogens with zero attached hydrogens (tertiary/aromatic N) is 2. The Labute approximate surface area is 93.1 Å². The van der Waals surface area contributed by atoms with Gasteiger partial charge in [-0.2, -0.15) is 0 Å². The number of hydrogen-bond acceptors (Lipinski definition) is 4. The zero-order valence-electron chi connectivity index (χ0n) is 9.94. The SMILES string of the molecule is Cc1c(O)n(C(C)CN(C)C)c(=O)[nH]c1=O. The van der Waals surface area contributed by atoms with Crippen LogP contribution in [0.4, 0.5) is 0 Å². The largest absolute Gasteiger partial charge is 0.494 e. The van der Waals surface area contributed by atoms with E-state index < -0.39 is 11.2 Å². The van der Waals surface area contributed by atoms with E-state index in [0.29, 0.717) is 6.54 Å². The summed E-state index contributed by atoms with van der Waals surface area (Å²) in [4.78, 5) is 26.9. The van der Waals surface area contributed by atoms with Crippen LogP contribution in [0.5, 0.6) is 5.88 Å². The highest BCUT2D eigenvalue weighted by molar-refractivity contribution is 5.21. The Morgan fingerprint density at radius 2 is 2.00 bits per heavy atom. The summed E-state index contributed by atoms with van der Waals surface area (Å²) in [5.41, 5.74) is -0.969. The van der Waals surface area contributed by atoms with Crippen molar-refractivity contribution in [3.8, 4) is 5.88 Å². The molecule has 0 aliphatic heterocycles. The number of nitrogens with one attached hydrogen (secondary N) is 1. The van der Waals surface area contributed by atoms with Gasteiger partial charge in [0.1, 0.15) is 0 Å². The van der Waals surface area contributed by atoms with E-state index >= 15 is 0 Å². The number of likely N-dealkylation sites (N-methyl/N-ethyl adjacent to an activating group) is 1. The smallest absolute Gasteiger partial charge is 0.331 e. The molecule has 2 N–H and O–H groups in total. The zero-order valence-corrected chi connectivity index (χ0v) is 9.94. The van der Waals surface area contributed by atoms with Crippen LogP contribution in [0.1, 0.15) is 18.5 Å². The minimum Gasteiger partial charge on any atom is -0.494 e. The average Bonchev–Trinajstić information content (AvgIpc) is 2.13. The van der Waals surface area contributed by atoms with Crippen LogP contribution in [-0.4, -0.2) is 40.2 Å². The third-order valence-corrected chi connectivity index (χ3v) is 2.41. The summed E-state index contributed by atoms with van der Waals surface area (Å²) in [6.45, 7) is 3.88. The predicted octanol–water partition coefficient (Wildman–Crippen LogP) is -0.327. The van der Waals surface area contributed by atoms with Crippen molar-refractivity contribution in [1.29, 1.82) is 0 Å². The van der Waals surface area contributed by atoms with E-state index in [0.717, 1.165) is 0 Å². The van der Waals surface area contributed by atoms with Gasteiger partial charge in [0.25, 0.3) is 5.56 Å². The molecule has 0 radical (unpaired) electrons. The lowest BCUT2D eigenvalue weighted by Crippen LogP contribution is -2.36. The van der Waals surface area contributed by atoms with Gasteiger partial charge in [0, 0.05) is 6.54 Å². The molecule has 1 aromatic heterocycles. The van der Waals surface area contributed by atoms with Crippen LogP contribution in [0.15, 0.2) is 9.59 Å². The van der Waals surface area contributed by atoms with Gasteiger partial charge in [-0.05, 0) is 27.9 Å². The molecule has 1 heterocycles. The molecular formula is C10H17N3O3. The molecule has 0 saturated heterocycles. The molecule has 0 aliphatic carbocycles. The van der Waals surface area contributed by atoms with Gasteiger partial charge in [0.2, 0.25) is 5.88 Å². The van der Waals surface area contributed by atoms with E-state index in [1.165, 1.54) is 11.5 Å². The standard InChI is InChI=1S/C10H17N3O3/c1-6(5-12(3)4)13-9(15)7(2)8(14)11-10(13)16/h6,15H,5H2,1-4H3,(H,11,14,16). The average molecular weight is 227 g/mol. The van der Waals surface area contributed by atoms with Gasteiger partial charge in [-0.25, -0.2) is 4.79 Å². The van der Waals surface area contributed by atoms with E-state index in [1.54, 1.807) is 6.92 Å². The number of rotatable bonds is 3. The lowest BCUT2D eigenvalue weighted by atomic mass is 10.3. The van der Waals surface area contributed by atoms with Gasteiger partial charge in [0.05, 0.1) is 11.6 Å². The molecule has 1 rings (SSSR count). The molecule has 90 valence electrons. The molecule has 1 atom stereocenters. The molecule has 0 fully saturated rings. The van der Waals surface area contributed by atoms with E-state index in [9.17, 15) is 14.7 Å². The molecule has 0 aromatic carbocycles. The quantitative estimate of drug-likeness (QED) is 0.741. The third kappa shape index (κ3) is 2.33. The molecule has 16 heavy (non-hydrogen) atoms. The Hall–Kier alpha value is -1.56. The van der Waals surface area contributed by atoms with E-state index in [2.05, 4.69) is 4.98 Å². The number of aromatic amines is 1. The van der Waals surface area contributed by atoms with Gasteiger partial charge < -0.3 is 10.0 Å². The van der Waals surface area contributed by atoms with E-state index in [1.807, 2.05) is 19.0 Å². The first-order chi connectivity index (χ1) is 7.34. The lowest BCUT2D eigenvalue weighted by Gasteiger charge is -2.20. The zero-order chi connectivity index (χ0) is 12.5. The van der Waals surface area contributed by atoms with Crippen molar-refractivity contribution in [1.82, 2.24) is 14.5 Å². The second kappa shape index (κ2) is 4.52. The molecule has 0 amide bonds. The third-order valence-electron chi connectivity index (χ3n) is 2.41. The van der Waals surface area contributed by atoms with E-state index in [-0.39, 0.29) is 17.5 Å². The van der Waals surface area contributed by atoms with Gasteiger partial charge in [-0.15, -0.1) is 0 Å². The monoisotopic (exact) mass is 227 g/mol. The highest BCUT2D eigenvalue weighted by atomic mass is 16.3. The van der Waals surface area contributed by atoms with Gasteiger partial charge >= 0.3 is 5.69 Å². The Balaban J connectivity index is 3.29. The number of hydrogen-bond donors (Lipinski definition) is 2. The van der Waals surface area contributed by atoms with Gasteiger partial charge in [-0.1, -0.05) is 0 Å². The summed E-state index contributed by atoms with van der Waals surface area (Å²) in [7, 11) is 3.74. The summed E-state index contributed by atoms with van der Waals surface area (Å²) in [6, 6.07) is -0.210. The molecule has 0 spiro atoms. The minimum absolute atomic E-state index is 0.158. The maximum Gasteiger partial charge on any atom is 0.331 e. The van der Waals surface area contributed by atoms with Crippen LogP contribution in [0, 0.1) is 6.92 Å². The second-order valence-electron chi connectivity index (χ2n) is 4.19. The van der Waals surface area contributed by atoms with Crippen molar-refractivity contribution in [2.75, 3.05) is 20.6 Å². The molecular weight excluding hydrogens is 210 g/mol. The Morgan fingerprint density at radius 1 is 1.44 bits per heavy atom.